The largest absolute Gasteiger partial charge is 0.294 e. The molecule has 2 rings (SSSR count). The van der Waals surface area contributed by atoms with Gasteiger partial charge in [-0.2, -0.15) is 8.42 Å². The van der Waals surface area contributed by atoms with E-state index in [9.17, 15) is 8.42 Å². The van der Waals surface area contributed by atoms with E-state index in [-0.39, 0.29) is 4.90 Å². The van der Waals surface area contributed by atoms with E-state index in [1.165, 1.54) is 17.7 Å². The van der Waals surface area contributed by atoms with Gasteiger partial charge in [0.15, 0.2) is 0 Å². The van der Waals surface area contributed by atoms with Gasteiger partial charge in [0.2, 0.25) is 0 Å². The molecule has 0 aliphatic heterocycles. The lowest BCUT2D eigenvalue weighted by molar-refractivity contribution is 0.483. The van der Waals surface area contributed by atoms with Crippen LogP contribution in [0.5, 0.6) is 0 Å². The Balaban J connectivity index is 2.83. The summed E-state index contributed by atoms with van der Waals surface area (Å²) in [6.07, 6.45) is 0.891. The van der Waals surface area contributed by atoms with Crippen molar-refractivity contribution in [3.8, 4) is 0 Å². The first-order valence-corrected chi connectivity index (χ1v) is 6.87. The predicted octanol–water partition coefficient (Wildman–Crippen LogP) is 2.96. The van der Waals surface area contributed by atoms with Crippen LogP contribution in [0.15, 0.2) is 35.2 Å². The summed E-state index contributed by atoms with van der Waals surface area (Å²) < 4.78 is 31.2. The Bertz CT molecular complexity index is 672. The number of fused-ring (bicyclic) bond motifs is 1. The third kappa shape index (κ3) is 2.18. The lowest BCUT2D eigenvalue weighted by Crippen LogP contribution is -1.98. The first kappa shape index (κ1) is 12.1. The summed E-state index contributed by atoms with van der Waals surface area (Å²) in [6.45, 7) is 3.98. The number of hydrogen-bond donors (Lipinski definition) is 1. The lowest BCUT2D eigenvalue weighted by atomic mass is 9.99. The summed E-state index contributed by atoms with van der Waals surface area (Å²) in [4.78, 5) is -0.0543. The average molecular weight is 250 g/mol. The van der Waals surface area contributed by atoms with Crippen molar-refractivity contribution < 1.29 is 13.0 Å². The summed E-state index contributed by atoms with van der Waals surface area (Å²) in [6, 6.07) is 8.74. The maximum absolute atomic E-state index is 11.1. The Hall–Kier alpha value is -1.39. The van der Waals surface area contributed by atoms with E-state index in [1.807, 2.05) is 19.1 Å². The highest BCUT2D eigenvalue weighted by Crippen LogP contribution is 2.25. The molecule has 0 bridgehead atoms. The van der Waals surface area contributed by atoms with Crippen LogP contribution in [0.1, 0.15) is 18.1 Å². The zero-order valence-corrected chi connectivity index (χ0v) is 10.6. The quantitative estimate of drug-likeness (QED) is 0.834. The number of aryl methyl sites for hydroxylation is 2. The van der Waals surface area contributed by atoms with Gasteiger partial charge in [-0.3, -0.25) is 4.55 Å². The predicted molar refractivity (Wildman–Crippen MR) is 67.9 cm³/mol. The minimum Gasteiger partial charge on any atom is -0.282 e. The van der Waals surface area contributed by atoms with Crippen molar-refractivity contribution in [2.24, 2.45) is 0 Å². The first-order valence-electron chi connectivity index (χ1n) is 5.43. The van der Waals surface area contributed by atoms with Crippen LogP contribution in [-0.2, 0) is 16.5 Å². The van der Waals surface area contributed by atoms with E-state index in [4.69, 9.17) is 4.55 Å². The van der Waals surface area contributed by atoms with Crippen LogP contribution in [0, 0.1) is 6.92 Å². The van der Waals surface area contributed by atoms with Gasteiger partial charge in [0.1, 0.15) is 0 Å². The summed E-state index contributed by atoms with van der Waals surface area (Å²) >= 11 is 0. The number of rotatable bonds is 2. The highest BCUT2D eigenvalue weighted by Gasteiger charge is 2.11. The zero-order valence-electron chi connectivity index (χ0n) is 9.77. The van der Waals surface area contributed by atoms with E-state index in [1.54, 1.807) is 6.07 Å². The van der Waals surface area contributed by atoms with Gasteiger partial charge in [-0.05, 0) is 47.4 Å². The molecule has 0 aliphatic carbocycles. The van der Waals surface area contributed by atoms with Crippen LogP contribution in [0.3, 0.4) is 0 Å². The van der Waals surface area contributed by atoms with Gasteiger partial charge in [0.05, 0.1) is 4.90 Å². The molecule has 0 fully saturated rings. The highest BCUT2D eigenvalue weighted by molar-refractivity contribution is 7.85. The summed E-state index contributed by atoms with van der Waals surface area (Å²) in [7, 11) is -4.13. The third-order valence-corrected chi connectivity index (χ3v) is 3.82. The maximum atomic E-state index is 11.1. The van der Waals surface area contributed by atoms with Crippen LogP contribution in [0.4, 0.5) is 0 Å². The van der Waals surface area contributed by atoms with Crippen molar-refractivity contribution in [1.29, 1.82) is 0 Å². The topological polar surface area (TPSA) is 54.4 Å². The van der Waals surface area contributed by atoms with Crippen molar-refractivity contribution >= 4 is 20.9 Å². The summed E-state index contributed by atoms with van der Waals surface area (Å²) in [5.74, 6) is 0. The molecule has 0 spiro atoms. The van der Waals surface area contributed by atoms with Gasteiger partial charge >= 0.3 is 0 Å². The minimum atomic E-state index is -4.13. The Kier molecular flexibility index (Phi) is 2.93. The second-order valence-corrected chi connectivity index (χ2v) is 5.50. The zero-order chi connectivity index (χ0) is 12.6. The average Bonchev–Trinajstić information content (AvgIpc) is 2.28. The van der Waals surface area contributed by atoms with Gasteiger partial charge < -0.3 is 0 Å². The van der Waals surface area contributed by atoms with E-state index in [0.29, 0.717) is 0 Å². The number of benzene rings is 2. The second-order valence-electron chi connectivity index (χ2n) is 4.08. The molecule has 0 heterocycles. The monoisotopic (exact) mass is 250 g/mol. The van der Waals surface area contributed by atoms with Gasteiger partial charge in [-0.1, -0.05) is 25.1 Å². The summed E-state index contributed by atoms with van der Waals surface area (Å²) in [5.41, 5.74) is 2.18. The Morgan fingerprint density at radius 2 is 1.82 bits per heavy atom. The van der Waals surface area contributed by atoms with Crippen LogP contribution in [-0.4, -0.2) is 13.0 Å². The van der Waals surface area contributed by atoms with Crippen LogP contribution < -0.4 is 0 Å². The molecule has 0 aromatic heterocycles. The van der Waals surface area contributed by atoms with Crippen LogP contribution >= 0.6 is 0 Å². The molecule has 0 unspecified atom stereocenters. The van der Waals surface area contributed by atoms with Crippen molar-refractivity contribution in [2.75, 3.05) is 0 Å². The van der Waals surface area contributed by atoms with Crippen molar-refractivity contribution in [3.63, 3.8) is 0 Å². The van der Waals surface area contributed by atoms with Crippen molar-refractivity contribution in [2.45, 2.75) is 25.2 Å². The molecular weight excluding hydrogens is 236 g/mol. The molecule has 0 atom stereocenters. The normalized spacial score (nSPS) is 11.9. The van der Waals surface area contributed by atoms with E-state index in [0.717, 1.165) is 22.8 Å². The Labute approximate surface area is 101 Å². The molecule has 90 valence electrons. The SMILES string of the molecule is CCc1ccc(C)c2cc(S(=O)(=O)O)ccc12. The van der Waals surface area contributed by atoms with Gasteiger partial charge in [0, 0.05) is 0 Å². The molecule has 0 saturated carbocycles. The van der Waals surface area contributed by atoms with Crippen molar-refractivity contribution in [3.05, 3.63) is 41.5 Å². The molecule has 17 heavy (non-hydrogen) atoms. The molecule has 4 heteroatoms. The Morgan fingerprint density at radius 1 is 1.12 bits per heavy atom. The smallest absolute Gasteiger partial charge is 0.282 e. The lowest BCUT2D eigenvalue weighted by Gasteiger charge is -2.08. The third-order valence-electron chi connectivity index (χ3n) is 2.98. The van der Waals surface area contributed by atoms with E-state index < -0.39 is 10.1 Å². The fourth-order valence-electron chi connectivity index (χ4n) is 2.00. The first-order chi connectivity index (χ1) is 7.93. The van der Waals surface area contributed by atoms with Crippen LogP contribution in [0.25, 0.3) is 10.8 Å². The molecule has 0 amide bonds. The molecule has 0 aliphatic rings. The standard InChI is InChI=1S/C13H14O3S/c1-3-10-5-4-9(2)13-8-11(17(14,15)16)6-7-12(10)13/h4-8H,3H2,1-2H3,(H,14,15,16). The van der Waals surface area contributed by atoms with Crippen LogP contribution in [0.2, 0.25) is 0 Å². The number of hydrogen-bond acceptors (Lipinski definition) is 2. The van der Waals surface area contributed by atoms with Gasteiger partial charge in [0.25, 0.3) is 10.1 Å². The summed E-state index contributed by atoms with van der Waals surface area (Å²) in [5, 5.41) is 1.92. The Morgan fingerprint density at radius 3 is 2.41 bits per heavy atom. The van der Waals surface area contributed by atoms with Gasteiger partial charge in [-0.25, -0.2) is 0 Å². The van der Waals surface area contributed by atoms with Gasteiger partial charge in [-0.15, -0.1) is 0 Å². The van der Waals surface area contributed by atoms with E-state index >= 15 is 0 Å². The minimum absolute atomic E-state index is 0.0543. The van der Waals surface area contributed by atoms with Crippen molar-refractivity contribution in [1.82, 2.24) is 0 Å². The molecule has 3 nitrogen and oxygen atoms in total. The molecule has 1 N–H and O–H groups in total. The fourth-order valence-corrected chi connectivity index (χ4v) is 2.51. The second kappa shape index (κ2) is 4.13. The molecule has 2 aromatic rings. The molecule has 2 aromatic carbocycles. The molecular formula is C13H14O3S. The maximum Gasteiger partial charge on any atom is 0.294 e. The molecule has 0 radical (unpaired) electrons. The van der Waals surface area contributed by atoms with E-state index in [2.05, 4.69) is 6.92 Å². The molecule has 0 saturated heterocycles. The fraction of sp³-hybridized carbons (Fsp3) is 0.231. The highest BCUT2D eigenvalue weighted by atomic mass is 32.2.